The molecule has 0 unspecified atom stereocenters. The molecule has 1 heterocycles. The van der Waals surface area contributed by atoms with Crippen molar-refractivity contribution in [2.24, 2.45) is 0 Å². The lowest BCUT2D eigenvalue weighted by molar-refractivity contribution is -0.118. The predicted octanol–water partition coefficient (Wildman–Crippen LogP) is 3.25. The quantitative estimate of drug-likeness (QED) is 0.831. The van der Waals surface area contributed by atoms with Crippen LogP contribution in [0.2, 0.25) is 0 Å². The monoisotopic (exact) mass is 383 g/mol. The Hall–Kier alpha value is -3.22. The molecule has 1 fully saturated rings. The van der Waals surface area contributed by atoms with Gasteiger partial charge in [-0.3, -0.25) is 4.79 Å². The summed E-state index contributed by atoms with van der Waals surface area (Å²) in [6.07, 6.45) is 0.556. The van der Waals surface area contributed by atoms with E-state index in [4.69, 9.17) is 9.47 Å². The SMILES string of the molecule is COc1cc(NC(=O)N[C@@H]2CCN(c3ccc(C)c(C)c3)C2=O)cc(OC)c1. The Morgan fingerprint density at radius 2 is 1.71 bits per heavy atom. The normalized spacial score (nSPS) is 16.1. The van der Waals surface area contributed by atoms with Crippen LogP contribution in [0.3, 0.4) is 0 Å². The zero-order valence-corrected chi connectivity index (χ0v) is 16.5. The summed E-state index contributed by atoms with van der Waals surface area (Å²) in [6, 6.07) is 10.0. The van der Waals surface area contributed by atoms with Gasteiger partial charge in [-0.05, 0) is 43.5 Å². The highest BCUT2D eigenvalue weighted by molar-refractivity contribution is 6.02. The van der Waals surface area contributed by atoms with Crippen LogP contribution in [0.5, 0.6) is 11.5 Å². The number of anilines is 2. The van der Waals surface area contributed by atoms with Crippen molar-refractivity contribution in [2.45, 2.75) is 26.3 Å². The summed E-state index contributed by atoms with van der Waals surface area (Å²) in [6.45, 7) is 4.62. The highest BCUT2D eigenvalue weighted by Crippen LogP contribution is 2.26. The number of hydrogen-bond acceptors (Lipinski definition) is 4. The molecule has 1 saturated heterocycles. The average molecular weight is 383 g/mol. The number of methoxy groups -OCH3 is 2. The minimum Gasteiger partial charge on any atom is -0.497 e. The van der Waals surface area contributed by atoms with Crippen molar-refractivity contribution in [2.75, 3.05) is 31.0 Å². The summed E-state index contributed by atoms with van der Waals surface area (Å²) in [4.78, 5) is 26.8. The van der Waals surface area contributed by atoms with Crippen molar-refractivity contribution in [1.29, 1.82) is 0 Å². The van der Waals surface area contributed by atoms with Crippen molar-refractivity contribution >= 4 is 23.3 Å². The lowest BCUT2D eigenvalue weighted by Gasteiger charge is -2.18. The molecule has 28 heavy (non-hydrogen) atoms. The summed E-state index contributed by atoms with van der Waals surface area (Å²) in [5.41, 5.74) is 3.69. The van der Waals surface area contributed by atoms with Crippen LogP contribution < -0.4 is 25.0 Å². The second-order valence-electron chi connectivity index (χ2n) is 6.80. The molecule has 3 amide bonds. The van der Waals surface area contributed by atoms with Crippen molar-refractivity contribution in [3.63, 3.8) is 0 Å². The van der Waals surface area contributed by atoms with Crippen molar-refractivity contribution in [3.8, 4) is 11.5 Å². The lowest BCUT2D eigenvalue weighted by atomic mass is 10.1. The minimum absolute atomic E-state index is 0.110. The number of urea groups is 1. The van der Waals surface area contributed by atoms with Crippen LogP contribution in [0.25, 0.3) is 0 Å². The van der Waals surface area contributed by atoms with Gasteiger partial charge in [0.05, 0.1) is 14.2 Å². The molecule has 0 aliphatic carbocycles. The fourth-order valence-corrected chi connectivity index (χ4v) is 3.17. The molecule has 0 aromatic heterocycles. The molecule has 7 heteroatoms. The lowest BCUT2D eigenvalue weighted by Crippen LogP contribution is -2.43. The number of rotatable bonds is 5. The highest BCUT2D eigenvalue weighted by Gasteiger charge is 2.33. The van der Waals surface area contributed by atoms with Gasteiger partial charge in [0.1, 0.15) is 17.5 Å². The van der Waals surface area contributed by atoms with Crippen LogP contribution >= 0.6 is 0 Å². The maximum atomic E-state index is 12.7. The van der Waals surface area contributed by atoms with Gasteiger partial charge in [0, 0.05) is 36.1 Å². The topological polar surface area (TPSA) is 79.9 Å². The highest BCUT2D eigenvalue weighted by atomic mass is 16.5. The van der Waals surface area contributed by atoms with Gasteiger partial charge in [-0.1, -0.05) is 6.07 Å². The third-order valence-corrected chi connectivity index (χ3v) is 4.92. The second kappa shape index (κ2) is 8.21. The largest absolute Gasteiger partial charge is 0.497 e. The molecule has 0 spiro atoms. The molecule has 1 aliphatic heterocycles. The first-order valence-corrected chi connectivity index (χ1v) is 9.10. The summed E-state index contributed by atoms with van der Waals surface area (Å²) < 4.78 is 10.4. The Kier molecular flexibility index (Phi) is 5.73. The van der Waals surface area contributed by atoms with E-state index < -0.39 is 12.1 Å². The van der Waals surface area contributed by atoms with Gasteiger partial charge < -0.3 is 25.0 Å². The van der Waals surface area contributed by atoms with Crippen LogP contribution in [0.15, 0.2) is 36.4 Å². The van der Waals surface area contributed by atoms with E-state index >= 15 is 0 Å². The van der Waals surface area contributed by atoms with Gasteiger partial charge in [-0.2, -0.15) is 0 Å². The van der Waals surface area contributed by atoms with Crippen LogP contribution in [0.4, 0.5) is 16.2 Å². The van der Waals surface area contributed by atoms with Crippen LogP contribution in [-0.2, 0) is 4.79 Å². The van der Waals surface area contributed by atoms with Crippen LogP contribution in [0, 0.1) is 13.8 Å². The number of nitrogens with one attached hydrogen (secondary N) is 2. The number of carbonyl (C=O) groups excluding carboxylic acids is 2. The number of aryl methyl sites for hydroxylation is 2. The third kappa shape index (κ3) is 4.19. The van der Waals surface area contributed by atoms with E-state index in [0.717, 1.165) is 11.3 Å². The first-order chi connectivity index (χ1) is 13.4. The number of benzene rings is 2. The maximum Gasteiger partial charge on any atom is 0.319 e. The smallest absolute Gasteiger partial charge is 0.319 e. The fourth-order valence-electron chi connectivity index (χ4n) is 3.17. The molecule has 7 nitrogen and oxygen atoms in total. The Labute approximate surface area is 164 Å². The Balaban J connectivity index is 1.65. The van der Waals surface area contributed by atoms with Crippen LogP contribution in [0.1, 0.15) is 17.5 Å². The van der Waals surface area contributed by atoms with Crippen LogP contribution in [-0.4, -0.2) is 38.7 Å². The third-order valence-electron chi connectivity index (χ3n) is 4.92. The predicted molar refractivity (Wildman–Crippen MR) is 108 cm³/mol. The number of nitrogens with zero attached hydrogens (tertiary/aromatic N) is 1. The molecule has 2 aromatic rings. The molecule has 2 N–H and O–H groups in total. The van der Waals surface area contributed by atoms with E-state index in [1.807, 2.05) is 32.0 Å². The number of carbonyl (C=O) groups is 2. The van der Waals surface area contributed by atoms with E-state index in [-0.39, 0.29) is 5.91 Å². The van der Waals surface area contributed by atoms with Crippen molar-refractivity contribution < 1.29 is 19.1 Å². The summed E-state index contributed by atoms with van der Waals surface area (Å²) in [5, 5.41) is 5.48. The summed E-state index contributed by atoms with van der Waals surface area (Å²) >= 11 is 0. The van der Waals surface area contributed by atoms with E-state index in [1.54, 1.807) is 23.1 Å². The molecular weight excluding hydrogens is 358 g/mol. The summed E-state index contributed by atoms with van der Waals surface area (Å²) in [5.74, 6) is 1.02. The number of hydrogen-bond donors (Lipinski definition) is 2. The molecule has 1 atom stereocenters. The first kappa shape index (κ1) is 19.5. The van der Waals surface area contributed by atoms with Gasteiger partial charge in [-0.15, -0.1) is 0 Å². The standard InChI is InChI=1S/C21H25N3O4/c1-13-5-6-16(9-14(13)2)24-8-7-19(20(24)25)23-21(26)22-15-10-17(27-3)12-18(11-15)28-4/h5-6,9-12,19H,7-8H2,1-4H3,(H2,22,23,26)/t19-/m1/s1. The van der Waals surface area contributed by atoms with Gasteiger partial charge in [-0.25, -0.2) is 4.79 Å². The van der Waals surface area contributed by atoms with Crippen molar-refractivity contribution in [3.05, 3.63) is 47.5 Å². The van der Waals surface area contributed by atoms with E-state index in [0.29, 0.717) is 30.2 Å². The van der Waals surface area contributed by atoms with Gasteiger partial charge >= 0.3 is 6.03 Å². The Morgan fingerprint density at radius 1 is 1.04 bits per heavy atom. The van der Waals surface area contributed by atoms with E-state index in [2.05, 4.69) is 10.6 Å². The zero-order valence-electron chi connectivity index (χ0n) is 16.5. The van der Waals surface area contributed by atoms with Gasteiger partial charge in [0.2, 0.25) is 5.91 Å². The fraction of sp³-hybridized carbons (Fsp3) is 0.333. The molecular formula is C21H25N3O4. The second-order valence-corrected chi connectivity index (χ2v) is 6.80. The van der Waals surface area contributed by atoms with E-state index in [9.17, 15) is 9.59 Å². The molecule has 148 valence electrons. The Bertz CT molecular complexity index is 875. The first-order valence-electron chi connectivity index (χ1n) is 9.10. The molecule has 0 bridgehead atoms. The molecule has 3 rings (SSSR count). The zero-order chi connectivity index (χ0) is 20.3. The van der Waals surface area contributed by atoms with E-state index in [1.165, 1.54) is 19.8 Å². The van der Waals surface area contributed by atoms with Crippen molar-refractivity contribution in [1.82, 2.24) is 5.32 Å². The molecule has 0 radical (unpaired) electrons. The summed E-state index contributed by atoms with van der Waals surface area (Å²) in [7, 11) is 3.08. The Morgan fingerprint density at radius 3 is 2.32 bits per heavy atom. The van der Waals surface area contributed by atoms with Gasteiger partial charge in [0.15, 0.2) is 0 Å². The maximum absolute atomic E-state index is 12.7. The number of ether oxygens (including phenoxy) is 2. The average Bonchev–Trinajstić information content (AvgIpc) is 3.03. The van der Waals surface area contributed by atoms with Gasteiger partial charge in [0.25, 0.3) is 0 Å². The molecule has 2 aromatic carbocycles. The molecule has 0 saturated carbocycles. The molecule has 1 aliphatic rings. The minimum atomic E-state index is -0.561. The number of amides is 3.